The first kappa shape index (κ1) is 15.5. The van der Waals surface area contributed by atoms with Crippen LogP contribution in [0.3, 0.4) is 0 Å². The van der Waals surface area contributed by atoms with Gasteiger partial charge in [-0.2, -0.15) is 0 Å². The Morgan fingerprint density at radius 1 is 1.33 bits per heavy atom. The van der Waals surface area contributed by atoms with Crippen molar-refractivity contribution in [2.24, 2.45) is 0 Å². The molecule has 0 saturated carbocycles. The van der Waals surface area contributed by atoms with Crippen LogP contribution in [0.25, 0.3) is 11.0 Å². The van der Waals surface area contributed by atoms with Crippen molar-refractivity contribution in [3.05, 3.63) is 30.1 Å². The Morgan fingerprint density at radius 3 is 2.86 bits per heavy atom. The lowest BCUT2D eigenvalue weighted by atomic mass is 10.2. The van der Waals surface area contributed by atoms with Crippen molar-refractivity contribution >= 4 is 16.9 Å². The maximum Gasteiger partial charge on any atom is 0.243 e. The van der Waals surface area contributed by atoms with Crippen molar-refractivity contribution in [1.82, 2.24) is 20.3 Å². The quantitative estimate of drug-likeness (QED) is 0.511. The highest BCUT2D eigenvalue weighted by Crippen LogP contribution is 2.11. The van der Waals surface area contributed by atoms with Gasteiger partial charge >= 0.3 is 0 Å². The fourth-order valence-electron chi connectivity index (χ4n) is 2.32. The molecule has 0 aliphatic carbocycles. The standard InChI is InChI=1S/C15H22N4O2/c1-19(11-5-9-15(20)18-21)10-4-8-14-16-12-6-2-3-7-13(12)17-14/h2-3,6-7,21H,4-5,8-11H2,1H3,(H,16,17)(H,18,20). The number of carbonyl (C=O) groups excluding carboxylic acids is 1. The van der Waals surface area contributed by atoms with E-state index in [1.54, 1.807) is 5.48 Å². The molecule has 3 N–H and O–H groups in total. The molecule has 0 bridgehead atoms. The molecule has 1 aromatic heterocycles. The molecule has 1 heterocycles. The van der Waals surface area contributed by atoms with Crippen molar-refractivity contribution in [3.8, 4) is 0 Å². The number of nitrogens with zero attached hydrogens (tertiary/aromatic N) is 2. The first-order valence-electron chi connectivity index (χ1n) is 7.24. The Morgan fingerprint density at radius 2 is 2.10 bits per heavy atom. The molecule has 0 radical (unpaired) electrons. The number of aryl methyl sites for hydroxylation is 1. The zero-order valence-corrected chi connectivity index (χ0v) is 12.3. The maximum atomic E-state index is 10.9. The Labute approximate surface area is 124 Å². The Bertz CT molecular complexity index is 549. The number of rotatable bonds is 8. The van der Waals surface area contributed by atoms with E-state index in [0.717, 1.165) is 49.2 Å². The summed E-state index contributed by atoms with van der Waals surface area (Å²) in [6, 6.07) is 8.03. The largest absolute Gasteiger partial charge is 0.342 e. The summed E-state index contributed by atoms with van der Waals surface area (Å²) in [7, 11) is 2.04. The van der Waals surface area contributed by atoms with Gasteiger partial charge in [-0.05, 0) is 45.1 Å². The van der Waals surface area contributed by atoms with E-state index in [-0.39, 0.29) is 5.91 Å². The van der Waals surface area contributed by atoms with Crippen molar-refractivity contribution in [2.75, 3.05) is 20.1 Å². The minimum atomic E-state index is -0.328. The van der Waals surface area contributed by atoms with E-state index in [2.05, 4.69) is 14.9 Å². The van der Waals surface area contributed by atoms with E-state index in [4.69, 9.17) is 5.21 Å². The molecule has 0 fully saturated rings. The van der Waals surface area contributed by atoms with E-state index < -0.39 is 0 Å². The number of hydrogen-bond donors (Lipinski definition) is 3. The number of amides is 1. The van der Waals surface area contributed by atoms with Crippen LogP contribution in [-0.2, 0) is 11.2 Å². The molecule has 6 heteroatoms. The van der Waals surface area contributed by atoms with Crippen molar-refractivity contribution in [2.45, 2.75) is 25.7 Å². The molecular weight excluding hydrogens is 268 g/mol. The summed E-state index contributed by atoms with van der Waals surface area (Å²) >= 11 is 0. The smallest absolute Gasteiger partial charge is 0.243 e. The van der Waals surface area contributed by atoms with Crippen LogP contribution in [0, 0.1) is 0 Å². The van der Waals surface area contributed by atoms with Crippen LogP contribution < -0.4 is 5.48 Å². The molecule has 0 saturated heterocycles. The Balaban J connectivity index is 1.67. The molecule has 2 rings (SSSR count). The van der Waals surface area contributed by atoms with E-state index in [1.165, 1.54) is 0 Å². The maximum absolute atomic E-state index is 10.9. The summed E-state index contributed by atoms with van der Waals surface area (Å²) in [6.07, 6.45) is 3.02. The van der Waals surface area contributed by atoms with E-state index in [1.807, 2.05) is 31.3 Å². The van der Waals surface area contributed by atoms with Gasteiger partial charge in [0.1, 0.15) is 5.82 Å². The zero-order valence-electron chi connectivity index (χ0n) is 12.3. The predicted molar refractivity (Wildman–Crippen MR) is 81.1 cm³/mol. The Kier molecular flexibility index (Phi) is 5.71. The van der Waals surface area contributed by atoms with Crippen molar-refractivity contribution < 1.29 is 10.0 Å². The van der Waals surface area contributed by atoms with Gasteiger partial charge in [-0.25, -0.2) is 10.5 Å². The number of H-pyrrole nitrogens is 1. The third-order valence-corrected chi connectivity index (χ3v) is 3.46. The molecule has 0 aliphatic rings. The number of carbonyl (C=O) groups is 1. The van der Waals surface area contributed by atoms with Crippen LogP contribution in [0.15, 0.2) is 24.3 Å². The van der Waals surface area contributed by atoms with Crippen LogP contribution in [-0.4, -0.2) is 46.1 Å². The zero-order chi connectivity index (χ0) is 15.1. The normalized spacial score (nSPS) is 11.2. The summed E-state index contributed by atoms with van der Waals surface area (Å²) in [5.74, 6) is 0.690. The second kappa shape index (κ2) is 7.75. The first-order chi connectivity index (χ1) is 10.2. The molecule has 1 aromatic carbocycles. The van der Waals surface area contributed by atoms with Gasteiger partial charge in [-0.1, -0.05) is 12.1 Å². The van der Waals surface area contributed by atoms with Crippen LogP contribution >= 0.6 is 0 Å². The van der Waals surface area contributed by atoms with Crippen LogP contribution in [0.5, 0.6) is 0 Å². The number of aromatic nitrogens is 2. The molecule has 0 unspecified atom stereocenters. The monoisotopic (exact) mass is 290 g/mol. The van der Waals surface area contributed by atoms with E-state index in [0.29, 0.717) is 6.42 Å². The molecular formula is C15H22N4O2. The number of fused-ring (bicyclic) bond motifs is 1. The van der Waals surface area contributed by atoms with Crippen molar-refractivity contribution in [3.63, 3.8) is 0 Å². The van der Waals surface area contributed by atoms with Gasteiger partial charge in [0.15, 0.2) is 0 Å². The third kappa shape index (κ3) is 4.84. The SMILES string of the molecule is CN(CCCC(=O)NO)CCCc1nc2ccccc2[nH]1. The minimum absolute atomic E-state index is 0.328. The second-order valence-corrected chi connectivity index (χ2v) is 5.25. The topological polar surface area (TPSA) is 81.2 Å². The van der Waals surface area contributed by atoms with Gasteiger partial charge in [0.05, 0.1) is 11.0 Å². The summed E-state index contributed by atoms with van der Waals surface area (Å²) in [6.45, 7) is 1.80. The highest BCUT2D eigenvalue weighted by Gasteiger charge is 2.04. The second-order valence-electron chi connectivity index (χ2n) is 5.25. The fourth-order valence-corrected chi connectivity index (χ4v) is 2.32. The van der Waals surface area contributed by atoms with Crippen LogP contribution in [0.4, 0.5) is 0 Å². The van der Waals surface area contributed by atoms with Crippen molar-refractivity contribution in [1.29, 1.82) is 0 Å². The van der Waals surface area contributed by atoms with Gasteiger partial charge in [-0.3, -0.25) is 10.0 Å². The van der Waals surface area contributed by atoms with Gasteiger partial charge < -0.3 is 9.88 Å². The summed E-state index contributed by atoms with van der Waals surface area (Å²) < 4.78 is 0. The number of benzene rings is 1. The molecule has 0 spiro atoms. The van der Waals surface area contributed by atoms with E-state index >= 15 is 0 Å². The fraction of sp³-hybridized carbons (Fsp3) is 0.467. The predicted octanol–water partition coefficient (Wildman–Crippen LogP) is 1.71. The summed E-state index contributed by atoms with van der Waals surface area (Å²) in [4.78, 5) is 20.9. The molecule has 0 atom stereocenters. The number of imidazole rings is 1. The molecule has 2 aromatic rings. The number of hydroxylamine groups is 1. The number of para-hydroxylation sites is 2. The number of aromatic amines is 1. The molecule has 1 amide bonds. The minimum Gasteiger partial charge on any atom is -0.342 e. The van der Waals surface area contributed by atoms with Gasteiger partial charge in [0, 0.05) is 12.8 Å². The number of hydrogen-bond acceptors (Lipinski definition) is 4. The number of nitrogens with one attached hydrogen (secondary N) is 2. The highest BCUT2D eigenvalue weighted by molar-refractivity contribution is 5.75. The van der Waals surface area contributed by atoms with Gasteiger partial charge in [0.25, 0.3) is 0 Å². The lowest BCUT2D eigenvalue weighted by Gasteiger charge is -2.15. The van der Waals surface area contributed by atoms with Crippen LogP contribution in [0.1, 0.15) is 25.1 Å². The molecule has 114 valence electrons. The van der Waals surface area contributed by atoms with Gasteiger partial charge in [-0.15, -0.1) is 0 Å². The highest BCUT2D eigenvalue weighted by atomic mass is 16.5. The third-order valence-electron chi connectivity index (χ3n) is 3.46. The lowest BCUT2D eigenvalue weighted by molar-refractivity contribution is -0.129. The molecule has 21 heavy (non-hydrogen) atoms. The Hall–Kier alpha value is -1.92. The molecule has 0 aliphatic heterocycles. The van der Waals surface area contributed by atoms with E-state index in [9.17, 15) is 4.79 Å². The van der Waals surface area contributed by atoms with Gasteiger partial charge in [0.2, 0.25) is 5.91 Å². The first-order valence-corrected chi connectivity index (χ1v) is 7.24. The molecule has 6 nitrogen and oxygen atoms in total. The van der Waals surface area contributed by atoms with Crippen LogP contribution in [0.2, 0.25) is 0 Å². The average Bonchev–Trinajstić information content (AvgIpc) is 2.89. The lowest BCUT2D eigenvalue weighted by Crippen LogP contribution is -2.24. The summed E-state index contributed by atoms with van der Waals surface area (Å²) in [5, 5.41) is 8.40. The average molecular weight is 290 g/mol. The summed E-state index contributed by atoms with van der Waals surface area (Å²) in [5.41, 5.74) is 3.74.